The third kappa shape index (κ3) is 3.15. The Morgan fingerprint density at radius 2 is 2.14 bits per heavy atom. The molecule has 12 nitrogen and oxygen atoms in total. The van der Waals surface area contributed by atoms with Crippen LogP contribution in [0.5, 0.6) is 5.75 Å². The van der Waals surface area contributed by atoms with Gasteiger partial charge in [-0.2, -0.15) is 10.5 Å². The van der Waals surface area contributed by atoms with Crippen molar-refractivity contribution in [3.63, 3.8) is 0 Å². The summed E-state index contributed by atoms with van der Waals surface area (Å²) < 4.78 is 0. The molecule has 1 aromatic heterocycles. The second kappa shape index (κ2) is 7.21. The van der Waals surface area contributed by atoms with Crippen LogP contribution in [0.4, 0.5) is 23.0 Å². The van der Waals surface area contributed by atoms with Gasteiger partial charge < -0.3 is 21.9 Å². The lowest BCUT2D eigenvalue weighted by Gasteiger charge is -2.26. The number of anilines is 3. The number of aromatic hydroxyl groups is 1. The van der Waals surface area contributed by atoms with Crippen LogP contribution in [0, 0.1) is 32.9 Å². The molecule has 7 N–H and O–H groups in total. The van der Waals surface area contributed by atoms with Crippen molar-refractivity contribution in [2.24, 2.45) is 4.99 Å². The first-order valence-electron chi connectivity index (χ1n) is 8.31. The molecule has 12 heteroatoms. The van der Waals surface area contributed by atoms with Gasteiger partial charge in [0.25, 0.3) is 0 Å². The number of nitrogens with two attached hydrogens (primary N) is 2. The number of phenols is 1. The Kier molecular flexibility index (Phi) is 4.77. The molecule has 1 unspecified atom stereocenters. The van der Waals surface area contributed by atoms with Crippen molar-refractivity contribution in [1.82, 2.24) is 10.3 Å². The SMILES string of the molecule is CCc1cc(C2N=C(NC#N)Nc3nc(N)c(C#N)c(N)c32)c(O)c([N+](=O)[O-])c1. The van der Waals surface area contributed by atoms with E-state index in [1.54, 1.807) is 19.2 Å². The van der Waals surface area contributed by atoms with E-state index < -0.39 is 22.4 Å². The molecule has 0 aliphatic carbocycles. The molecule has 1 atom stereocenters. The number of rotatable bonds is 3. The zero-order valence-electron chi connectivity index (χ0n) is 15.1. The number of phenolic OH excluding ortho intramolecular Hbond substituents is 1. The van der Waals surface area contributed by atoms with Crippen LogP contribution in [-0.2, 0) is 6.42 Å². The number of nitro groups is 1. The standard InChI is InChI=1S/C17H15N9O3/c1-2-7-3-8(14(27)10(4-7)26(28)29)13-11-12(20)9(5-18)15(21)24-16(11)25-17(23-13)22-6-19/h3-4,13,27H,2H2,1H3,(H6,20,21,22,23,24,25). The lowest BCUT2D eigenvalue weighted by molar-refractivity contribution is -0.386. The Hall–Kier alpha value is -4.58. The van der Waals surface area contributed by atoms with E-state index in [1.165, 1.54) is 6.07 Å². The Labute approximate surface area is 164 Å². The first-order valence-corrected chi connectivity index (χ1v) is 8.31. The number of aliphatic imine (C=N–C) groups is 1. The predicted molar refractivity (Wildman–Crippen MR) is 104 cm³/mol. The Morgan fingerprint density at radius 3 is 2.72 bits per heavy atom. The summed E-state index contributed by atoms with van der Waals surface area (Å²) in [7, 11) is 0. The minimum atomic E-state index is -1.08. The highest BCUT2D eigenvalue weighted by atomic mass is 16.6. The van der Waals surface area contributed by atoms with Crippen molar-refractivity contribution in [3.8, 4) is 18.0 Å². The van der Waals surface area contributed by atoms with Gasteiger partial charge >= 0.3 is 5.69 Å². The van der Waals surface area contributed by atoms with E-state index in [2.05, 4.69) is 20.6 Å². The second-order valence-corrected chi connectivity index (χ2v) is 6.07. The highest BCUT2D eigenvalue weighted by molar-refractivity contribution is 5.98. The highest BCUT2D eigenvalue weighted by Crippen LogP contribution is 2.45. The third-order valence-corrected chi connectivity index (χ3v) is 4.44. The van der Waals surface area contributed by atoms with E-state index in [-0.39, 0.29) is 40.0 Å². The summed E-state index contributed by atoms with van der Waals surface area (Å²) >= 11 is 0. The van der Waals surface area contributed by atoms with E-state index >= 15 is 0 Å². The molecule has 0 radical (unpaired) electrons. The summed E-state index contributed by atoms with van der Waals surface area (Å²) in [4.78, 5) is 19.1. The van der Waals surface area contributed by atoms with Gasteiger partial charge in [-0.25, -0.2) is 9.98 Å². The van der Waals surface area contributed by atoms with Gasteiger partial charge in [-0.3, -0.25) is 15.4 Å². The number of hydrogen-bond donors (Lipinski definition) is 5. The van der Waals surface area contributed by atoms with Gasteiger partial charge in [0.2, 0.25) is 5.96 Å². The van der Waals surface area contributed by atoms with Crippen LogP contribution in [0.15, 0.2) is 17.1 Å². The van der Waals surface area contributed by atoms with E-state index in [1.807, 2.05) is 6.07 Å². The van der Waals surface area contributed by atoms with Crippen LogP contribution in [0.1, 0.15) is 35.2 Å². The van der Waals surface area contributed by atoms with Gasteiger partial charge in [0.05, 0.1) is 10.6 Å². The highest BCUT2D eigenvalue weighted by Gasteiger charge is 2.33. The quantitative estimate of drug-likeness (QED) is 0.218. The summed E-state index contributed by atoms with van der Waals surface area (Å²) in [5, 5.41) is 45.3. The maximum absolute atomic E-state index is 11.4. The van der Waals surface area contributed by atoms with Crippen LogP contribution >= 0.6 is 0 Å². The minimum Gasteiger partial charge on any atom is -0.502 e. The number of nitro benzene ring substituents is 1. The van der Waals surface area contributed by atoms with E-state index in [9.17, 15) is 20.5 Å². The van der Waals surface area contributed by atoms with Crippen molar-refractivity contribution >= 4 is 29.0 Å². The Morgan fingerprint density at radius 1 is 1.41 bits per heavy atom. The van der Waals surface area contributed by atoms with E-state index in [0.29, 0.717) is 12.0 Å². The molecular weight excluding hydrogens is 378 g/mol. The minimum absolute atomic E-state index is 0.0232. The lowest BCUT2D eigenvalue weighted by atomic mass is 9.92. The van der Waals surface area contributed by atoms with Crippen molar-refractivity contribution in [2.45, 2.75) is 19.4 Å². The summed E-state index contributed by atoms with van der Waals surface area (Å²) in [6.07, 6.45) is 2.16. The van der Waals surface area contributed by atoms with Gasteiger partial charge in [-0.1, -0.05) is 6.92 Å². The van der Waals surface area contributed by atoms with Crippen molar-refractivity contribution < 1.29 is 10.0 Å². The summed E-state index contributed by atoms with van der Waals surface area (Å²) in [6.45, 7) is 1.80. The average molecular weight is 393 g/mol. The zero-order valence-corrected chi connectivity index (χ0v) is 15.1. The second-order valence-electron chi connectivity index (χ2n) is 6.07. The number of aromatic nitrogens is 1. The molecule has 0 saturated heterocycles. The monoisotopic (exact) mass is 393 g/mol. The molecule has 2 heterocycles. The van der Waals surface area contributed by atoms with Crippen LogP contribution < -0.4 is 22.1 Å². The van der Waals surface area contributed by atoms with E-state index in [0.717, 1.165) is 0 Å². The molecule has 0 spiro atoms. The van der Waals surface area contributed by atoms with Crippen LogP contribution in [0.3, 0.4) is 0 Å². The van der Waals surface area contributed by atoms with Gasteiger partial charge in [-0.05, 0) is 18.1 Å². The molecule has 3 rings (SSSR count). The predicted octanol–water partition coefficient (Wildman–Crippen LogP) is 1.24. The molecule has 0 bridgehead atoms. The van der Waals surface area contributed by atoms with Gasteiger partial charge in [0.15, 0.2) is 11.9 Å². The molecule has 0 saturated carbocycles. The number of nitrogen functional groups attached to an aromatic ring is 2. The average Bonchev–Trinajstić information content (AvgIpc) is 2.67. The molecule has 1 aliphatic heterocycles. The van der Waals surface area contributed by atoms with Crippen LogP contribution in [0.2, 0.25) is 0 Å². The van der Waals surface area contributed by atoms with Gasteiger partial charge in [0, 0.05) is 17.2 Å². The Bertz CT molecular complexity index is 1140. The molecule has 146 valence electrons. The maximum atomic E-state index is 11.4. The lowest BCUT2D eigenvalue weighted by Crippen LogP contribution is -2.32. The first kappa shape index (κ1) is 19.2. The van der Waals surface area contributed by atoms with Crippen molar-refractivity contribution in [1.29, 1.82) is 10.5 Å². The number of nitriles is 2. The fourth-order valence-corrected chi connectivity index (χ4v) is 3.06. The number of hydrogen-bond acceptors (Lipinski definition) is 11. The van der Waals surface area contributed by atoms with Crippen LogP contribution in [0.25, 0.3) is 0 Å². The molecule has 0 amide bonds. The summed E-state index contributed by atoms with van der Waals surface area (Å²) in [6, 6.07) is 3.61. The summed E-state index contributed by atoms with van der Waals surface area (Å²) in [5.74, 6) is -0.642. The molecule has 1 aromatic carbocycles. The normalized spacial score (nSPS) is 14.6. The summed E-state index contributed by atoms with van der Waals surface area (Å²) in [5.41, 5.74) is 12.2. The zero-order chi connectivity index (χ0) is 21.3. The van der Waals surface area contributed by atoms with Gasteiger partial charge in [0.1, 0.15) is 29.3 Å². The van der Waals surface area contributed by atoms with Crippen molar-refractivity contribution in [2.75, 3.05) is 16.8 Å². The number of benzene rings is 1. The molecule has 29 heavy (non-hydrogen) atoms. The fourth-order valence-electron chi connectivity index (χ4n) is 3.06. The topological polar surface area (TPSA) is 212 Å². The first-order chi connectivity index (χ1) is 13.8. The molecule has 1 aliphatic rings. The van der Waals surface area contributed by atoms with Crippen LogP contribution in [-0.4, -0.2) is 21.0 Å². The number of pyridine rings is 1. The molecule has 0 fully saturated rings. The maximum Gasteiger partial charge on any atom is 0.311 e. The van der Waals surface area contributed by atoms with Crippen molar-refractivity contribution in [3.05, 3.63) is 44.5 Å². The fraction of sp³-hybridized carbons (Fsp3) is 0.176. The van der Waals surface area contributed by atoms with Gasteiger partial charge in [-0.15, -0.1) is 0 Å². The molecular formula is C17H15N9O3. The third-order valence-electron chi connectivity index (χ3n) is 4.44. The Balaban J connectivity index is 2.36. The number of guanidine groups is 1. The largest absolute Gasteiger partial charge is 0.502 e. The number of nitrogens with zero attached hydrogens (tertiary/aromatic N) is 5. The molecule has 2 aromatic rings. The number of fused-ring (bicyclic) bond motifs is 1. The smallest absolute Gasteiger partial charge is 0.311 e. The van der Waals surface area contributed by atoms with E-state index in [4.69, 9.17) is 16.7 Å². The number of aryl methyl sites for hydroxylation is 1. The number of nitrogens with one attached hydrogen (secondary N) is 2.